The molecule has 2 amide bonds. The summed E-state index contributed by atoms with van der Waals surface area (Å²) in [4.78, 5) is 35.6. The maximum Gasteiger partial charge on any atom is 0.407 e. The van der Waals surface area contributed by atoms with E-state index in [2.05, 4.69) is 22.8 Å². The lowest BCUT2D eigenvalue weighted by Gasteiger charge is -2.19. The van der Waals surface area contributed by atoms with E-state index in [4.69, 9.17) is 9.84 Å². The van der Waals surface area contributed by atoms with Crippen LogP contribution >= 0.6 is 0 Å². The average Bonchev–Trinajstić information content (AvgIpc) is 3.09. The number of fused-ring (bicyclic) bond motifs is 3. The van der Waals surface area contributed by atoms with Gasteiger partial charge in [0.15, 0.2) is 0 Å². The van der Waals surface area contributed by atoms with Crippen LogP contribution in [0.5, 0.6) is 0 Å². The van der Waals surface area contributed by atoms with Crippen molar-refractivity contribution in [1.29, 1.82) is 0 Å². The predicted molar refractivity (Wildman–Crippen MR) is 117 cm³/mol. The molecule has 3 rings (SSSR count). The molecule has 0 saturated carbocycles. The molecule has 1 unspecified atom stereocenters. The lowest BCUT2D eigenvalue weighted by Crippen LogP contribution is -2.47. The van der Waals surface area contributed by atoms with E-state index < -0.39 is 24.0 Å². The van der Waals surface area contributed by atoms with Crippen molar-refractivity contribution in [2.75, 3.05) is 13.2 Å². The lowest BCUT2D eigenvalue weighted by molar-refractivity contribution is -0.141. The minimum absolute atomic E-state index is 0.0513. The Kier molecular flexibility index (Phi) is 7.28. The van der Waals surface area contributed by atoms with Gasteiger partial charge >= 0.3 is 12.1 Å². The Balaban J connectivity index is 1.54. The summed E-state index contributed by atoms with van der Waals surface area (Å²) in [6.45, 7) is 3.78. The third kappa shape index (κ3) is 5.23. The van der Waals surface area contributed by atoms with E-state index in [0.717, 1.165) is 22.3 Å². The maximum absolute atomic E-state index is 12.4. The number of aliphatic carboxylic acids is 1. The Morgan fingerprint density at radius 1 is 1.03 bits per heavy atom. The zero-order valence-electron chi connectivity index (χ0n) is 17.8. The summed E-state index contributed by atoms with van der Waals surface area (Å²) in [6.07, 6.45) is 0.0650. The topological polar surface area (TPSA) is 105 Å². The number of nitrogens with one attached hydrogen (secondary N) is 2. The first-order valence-electron chi connectivity index (χ1n) is 10.5. The fraction of sp³-hybridized carbons (Fsp3) is 0.375. The number of alkyl carbamates (subject to hydrolysis) is 1. The molecule has 0 heterocycles. The maximum atomic E-state index is 12.4. The molecule has 0 aliphatic heterocycles. The van der Waals surface area contributed by atoms with E-state index in [9.17, 15) is 14.4 Å². The average molecular weight is 424 g/mol. The van der Waals surface area contributed by atoms with Crippen LogP contribution < -0.4 is 10.6 Å². The van der Waals surface area contributed by atoms with Crippen molar-refractivity contribution in [2.45, 2.75) is 38.6 Å². The highest BCUT2D eigenvalue weighted by Crippen LogP contribution is 2.44. The highest BCUT2D eigenvalue weighted by atomic mass is 16.5. The van der Waals surface area contributed by atoms with Crippen LogP contribution in [0.3, 0.4) is 0 Å². The Bertz CT molecular complexity index is 913. The van der Waals surface area contributed by atoms with Gasteiger partial charge in [-0.25, -0.2) is 4.79 Å². The molecule has 2 atom stereocenters. The molecule has 7 nitrogen and oxygen atoms in total. The number of carbonyl (C=O) groups excluding carboxylic acids is 2. The van der Waals surface area contributed by atoms with Gasteiger partial charge in [-0.15, -0.1) is 0 Å². The van der Waals surface area contributed by atoms with Gasteiger partial charge in [-0.2, -0.15) is 0 Å². The van der Waals surface area contributed by atoms with Crippen LogP contribution in [0.25, 0.3) is 11.1 Å². The van der Waals surface area contributed by atoms with Gasteiger partial charge in [-0.3, -0.25) is 9.59 Å². The summed E-state index contributed by atoms with van der Waals surface area (Å²) in [5.74, 6) is -1.85. The minimum atomic E-state index is -0.905. The number of carboxylic acid groups (broad SMARTS) is 1. The van der Waals surface area contributed by atoms with E-state index in [1.807, 2.05) is 36.4 Å². The van der Waals surface area contributed by atoms with Gasteiger partial charge in [-0.05, 0) is 35.1 Å². The first kappa shape index (κ1) is 22.3. The summed E-state index contributed by atoms with van der Waals surface area (Å²) >= 11 is 0. The third-order valence-electron chi connectivity index (χ3n) is 5.66. The molecular formula is C24H28N2O5. The summed E-state index contributed by atoms with van der Waals surface area (Å²) in [5.41, 5.74) is 4.53. The molecule has 0 fully saturated rings. The molecule has 0 radical (unpaired) electrons. The van der Waals surface area contributed by atoms with Gasteiger partial charge in [0.25, 0.3) is 0 Å². The molecule has 1 aliphatic carbocycles. The molecule has 7 heteroatoms. The first-order chi connectivity index (χ1) is 14.9. The van der Waals surface area contributed by atoms with Gasteiger partial charge in [0.05, 0.1) is 5.92 Å². The Hall–Kier alpha value is -3.35. The minimum Gasteiger partial charge on any atom is -0.481 e. The standard InChI is InChI=1S/C24H28N2O5/c1-3-21(22(27)25-13-12-15(2)23(28)29)26-24(30)31-14-20-18-10-6-4-8-16(18)17-9-5-7-11-19(17)20/h4-11,15,20-21H,3,12-14H2,1-2H3,(H,25,27)(H,26,30)(H,28,29)/t15?,21-/m0/s1. The number of rotatable bonds is 9. The number of carbonyl (C=O) groups is 3. The smallest absolute Gasteiger partial charge is 0.407 e. The van der Waals surface area contributed by atoms with Gasteiger partial charge < -0.3 is 20.5 Å². The molecule has 3 N–H and O–H groups in total. The zero-order chi connectivity index (χ0) is 22.4. The highest BCUT2D eigenvalue weighted by molar-refractivity contribution is 5.85. The van der Waals surface area contributed by atoms with E-state index in [1.54, 1.807) is 13.8 Å². The number of carboxylic acids is 1. The molecule has 31 heavy (non-hydrogen) atoms. The van der Waals surface area contributed by atoms with E-state index in [-0.39, 0.29) is 25.0 Å². The molecule has 0 spiro atoms. The van der Waals surface area contributed by atoms with Crippen LogP contribution in [0.4, 0.5) is 4.79 Å². The zero-order valence-corrected chi connectivity index (χ0v) is 17.8. The van der Waals surface area contributed by atoms with Crippen LogP contribution in [0.2, 0.25) is 0 Å². The van der Waals surface area contributed by atoms with E-state index in [1.165, 1.54) is 0 Å². The number of hydrogen-bond donors (Lipinski definition) is 3. The largest absolute Gasteiger partial charge is 0.481 e. The van der Waals surface area contributed by atoms with Crippen LogP contribution in [-0.2, 0) is 14.3 Å². The van der Waals surface area contributed by atoms with Crippen LogP contribution in [0.15, 0.2) is 48.5 Å². The molecule has 2 aromatic carbocycles. The molecule has 0 aromatic heterocycles. The van der Waals surface area contributed by atoms with Gasteiger partial charge in [0.1, 0.15) is 12.6 Å². The molecule has 0 saturated heterocycles. The molecule has 0 bridgehead atoms. The summed E-state index contributed by atoms with van der Waals surface area (Å²) in [5, 5.41) is 14.2. The Labute approximate surface area is 181 Å². The van der Waals surface area contributed by atoms with Gasteiger partial charge in [-0.1, -0.05) is 62.4 Å². The number of benzene rings is 2. The Morgan fingerprint density at radius 3 is 2.16 bits per heavy atom. The predicted octanol–water partition coefficient (Wildman–Crippen LogP) is 3.53. The molecular weight excluding hydrogens is 396 g/mol. The quantitative estimate of drug-likeness (QED) is 0.571. The van der Waals surface area contributed by atoms with Crippen molar-refractivity contribution in [1.82, 2.24) is 10.6 Å². The number of hydrogen-bond acceptors (Lipinski definition) is 4. The van der Waals surface area contributed by atoms with Gasteiger partial charge in [0.2, 0.25) is 5.91 Å². The second-order valence-corrected chi connectivity index (χ2v) is 7.75. The fourth-order valence-corrected chi connectivity index (χ4v) is 3.79. The normalized spacial score (nSPS) is 14.1. The van der Waals surface area contributed by atoms with Crippen LogP contribution in [0.1, 0.15) is 43.7 Å². The highest BCUT2D eigenvalue weighted by Gasteiger charge is 2.29. The second kappa shape index (κ2) is 10.1. The first-order valence-corrected chi connectivity index (χ1v) is 10.5. The fourth-order valence-electron chi connectivity index (χ4n) is 3.79. The Morgan fingerprint density at radius 2 is 1.61 bits per heavy atom. The van der Waals surface area contributed by atoms with E-state index >= 15 is 0 Å². The SMILES string of the molecule is CC[C@H](NC(=O)OCC1c2ccccc2-c2ccccc21)C(=O)NCCC(C)C(=O)O. The summed E-state index contributed by atoms with van der Waals surface area (Å²) < 4.78 is 5.49. The number of ether oxygens (including phenoxy) is 1. The molecule has 2 aromatic rings. The van der Waals surface area contributed by atoms with Crippen molar-refractivity contribution in [3.8, 4) is 11.1 Å². The number of amides is 2. The second-order valence-electron chi connectivity index (χ2n) is 7.75. The summed E-state index contributed by atoms with van der Waals surface area (Å²) in [7, 11) is 0. The summed E-state index contributed by atoms with van der Waals surface area (Å²) in [6, 6.07) is 15.4. The monoisotopic (exact) mass is 424 g/mol. The van der Waals surface area contributed by atoms with Crippen molar-refractivity contribution in [3.63, 3.8) is 0 Å². The third-order valence-corrected chi connectivity index (χ3v) is 5.66. The van der Waals surface area contributed by atoms with E-state index in [0.29, 0.717) is 12.8 Å². The molecule has 164 valence electrons. The van der Waals surface area contributed by atoms with Crippen LogP contribution in [0, 0.1) is 5.92 Å². The van der Waals surface area contributed by atoms with Crippen molar-refractivity contribution in [2.24, 2.45) is 5.92 Å². The van der Waals surface area contributed by atoms with Crippen molar-refractivity contribution < 1.29 is 24.2 Å². The van der Waals surface area contributed by atoms with Gasteiger partial charge in [0, 0.05) is 12.5 Å². The molecule has 1 aliphatic rings. The van der Waals surface area contributed by atoms with Crippen molar-refractivity contribution >= 4 is 18.0 Å². The van der Waals surface area contributed by atoms with Crippen LogP contribution in [-0.4, -0.2) is 42.3 Å². The lowest BCUT2D eigenvalue weighted by atomic mass is 9.98. The van der Waals surface area contributed by atoms with Crippen molar-refractivity contribution in [3.05, 3.63) is 59.7 Å².